The number of rotatable bonds is 4. The first-order valence-electron chi connectivity index (χ1n) is 8.18. The van der Waals surface area contributed by atoms with E-state index in [9.17, 15) is 0 Å². The van der Waals surface area contributed by atoms with Crippen LogP contribution in [0.2, 0.25) is 0 Å². The van der Waals surface area contributed by atoms with Crippen molar-refractivity contribution in [2.24, 2.45) is 10.7 Å². The van der Waals surface area contributed by atoms with Crippen LogP contribution in [-0.4, -0.2) is 22.5 Å². The van der Waals surface area contributed by atoms with E-state index in [1.807, 2.05) is 6.92 Å². The van der Waals surface area contributed by atoms with Gasteiger partial charge in [-0.25, -0.2) is 0 Å². The number of guanidine groups is 1. The Hall–Kier alpha value is -2.43. The van der Waals surface area contributed by atoms with Crippen LogP contribution in [0.1, 0.15) is 35.4 Å². The zero-order valence-electron chi connectivity index (χ0n) is 13.5. The second kappa shape index (κ2) is 7.22. The Balaban J connectivity index is 1.63. The summed E-state index contributed by atoms with van der Waals surface area (Å²) in [6.07, 6.45) is 8.96. The second-order valence-electron chi connectivity index (χ2n) is 5.88. The third-order valence-corrected chi connectivity index (χ3v) is 4.27. The highest BCUT2D eigenvalue weighted by Gasteiger charge is 2.13. The molecule has 1 aliphatic carbocycles. The van der Waals surface area contributed by atoms with Gasteiger partial charge in [-0.1, -0.05) is 12.1 Å². The molecule has 5 heteroatoms. The summed E-state index contributed by atoms with van der Waals surface area (Å²) in [4.78, 5) is 13.0. The number of nitrogens with one attached hydrogen (secondary N) is 1. The van der Waals surface area contributed by atoms with E-state index in [2.05, 4.69) is 38.5 Å². The van der Waals surface area contributed by atoms with Gasteiger partial charge in [-0.05, 0) is 49.8 Å². The van der Waals surface area contributed by atoms with Crippen LogP contribution in [0.15, 0.2) is 35.6 Å². The lowest BCUT2D eigenvalue weighted by Gasteiger charge is -2.19. The van der Waals surface area contributed by atoms with Crippen molar-refractivity contribution in [3.05, 3.63) is 53.1 Å². The number of aromatic nitrogens is 2. The molecule has 23 heavy (non-hydrogen) atoms. The third-order valence-electron chi connectivity index (χ3n) is 4.27. The number of benzene rings is 1. The van der Waals surface area contributed by atoms with Crippen LogP contribution in [0.25, 0.3) is 0 Å². The molecule has 0 radical (unpaired) electrons. The van der Waals surface area contributed by atoms with Gasteiger partial charge in [0.2, 0.25) is 0 Å². The molecule has 3 N–H and O–H groups in total. The molecule has 1 aliphatic rings. The summed E-state index contributed by atoms with van der Waals surface area (Å²) in [5.74, 6) is 0.463. The number of anilines is 1. The van der Waals surface area contributed by atoms with E-state index in [0.717, 1.165) is 36.3 Å². The molecule has 5 nitrogen and oxygen atoms in total. The molecule has 1 aromatic heterocycles. The molecule has 1 heterocycles. The first-order chi connectivity index (χ1) is 11.2. The average molecular weight is 309 g/mol. The Morgan fingerprint density at radius 1 is 1.22 bits per heavy atom. The lowest BCUT2D eigenvalue weighted by Crippen LogP contribution is -2.24. The quantitative estimate of drug-likeness (QED) is 0.672. The van der Waals surface area contributed by atoms with Crippen LogP contribution >= 0.6 is 0 Å². The van der Waals surface area contributed by atoms with Crippen molar-refractivity contribution in [2.45, 2.75) is 39.0 Å². The van der Waals surface area contributed by atoms with Gasteiger partial charge in [-0.15, -0.1) is 0 Å². The number of fused-ring (bicyclic) bond motifs is 1. The number of hydrogen-bond donors (Lipinski definition) is 2. The molecule has 0 fully saturated rings. The van der Waals surface area contributed by atoms with Gasteiger partial charge >= 0.3 is 0 Å². The predicted molar refractivity (Wildman–Crippen MR) is 93.7 cm³/mol. The van der Waals surface area contributed by atoms with Crippen molar-refractivity contribution in [3.63, 3.8) is 0 Å². The van der Waals surface area contributed by atoms with Crippen LogP contribution in [0.3, 0.4) is 0 Å². The van der Waals surface area contributed by atoms with E-state index >= 15 is 0 Å². The summed E-state index contributed by atoms with van der Waals surface area (Å²) in [5, 5.41) is 3.26. The Kier molecular flexibility index (Phi) is 4.86. The fourth-order valence-electron chi connectivity index (χ4n) is 3.04. The SMILES string of the molecule is Cc1nccnc1CCN=C(N)Nc1cccc2c1CCCC2. The van der Waals surface area contributed by atoms with Crippen LogP contribution in [0.4, 0.5) is 5.69 Å². The molecule has 0 amide bonds. The van der Waals surface area contributed by atoms with Gasteiger partial charge in [0.15, 0.2) is 5.96 Å². The summed E-state index contributed by atoms with van der Waals surface area (Å²) in [6, 6.07) is 6.38. The Morgan fingerprint density at radius 3 is 2.91 bits per heavy atom. The highest BCUT2D eigenvalue weighted by atomic mass is 15.1. The van der Waals surface area contributed by atoms with Crippen molar-refractivity contribution in [3.8, 4) is 0 Å². The van der Waals surface area contributed by atoms with Crippen LogP contribution in [0, 0.1) is 6.92 Å². The van der Waals surface area contributed by atoms with Crippen LogP contribution < -0.4 is 11.1 Å². The summed E-state index contributed by atoms with van der Waals surface area (Å²) in [6.45, 7) is 2.57. The summed E-state index contributed by atoms with van der Waals surface area (Å²) in [7, 11) is 0. The summed E-state index contributed by atoms with van der Waals surface area (Å²) < 4.78 is 0. The predicted octanol–water partition coefficient (Wildman–Crippen LogP) is 2.63. The molecular formula is C18H23N5. The molecule has 120 valence electrons. The van der Waals surface area contributed by atoms with Crippen LogP contribution in [-0.2, 0) is 19.3 Å². The number of nitrogens with zero attached hydrogens (tertiary/aromatic N) is 3. The van der Waals surface area contributed by atoms with E-state index in [1.54, 1.807) is 12.4 Å². The van der Waals surface area contributed by atoms with Gasteiger partial charge in [-0.3, -0.25) is 15.0 Å². The minimum Gasteiger partial charge on any atom is -0.370 e. The molecular weight excluding hydrogens is 286 g/mol. The molecule has 1 aromatic carbocycles. The molecule has 0 atom stereocenters. The van der Waals surface area contributed by atoms with Crippen molar-refractivity contribution in [2.75, 3.05) is 11.9 Å². The molecule has 0 aliphatic heterocycles. The lowest BCUT2D eigenvalue weighted by atomic mass is 9.90. The number of hydrogen-bond acceptors (Lipinski definition) is 3. The van der Waals surface area contributed by atoms with E-state index in [1.165, 1.54) is 24.0 Å². The van der Waals surface area contributed by atoms with Gasteiger partial charge in [-0.2, -0.15) is 0 Å². The van der Waals surface area contributed by atoms with Gasteiger partial charge in [0.1, 0.15) is 0 Å². The van der Waals surface area contributed by atoms with E-state index in [-0.39, 0.29) is 0 Å². The zero-order chi connectivity index (χ0) is 16.1. The fourth-order valence-corrected chi connectivity index (χ4v) is 3.04. The maximum Gasteiger partial charge on any atom is 0.193 e. The molecule has 0 unspecified atom stereocenters. The minimum absolute atomic E-state index is 0.463. The van der Waals surface area contributed by atoms with Crippen LogP contribution in [0.5, 0.6) is 0 Å². The number of aliphatic imine (C=N–C) groups is 1. The zero-order valence-corrected chi connectivity index (χ0v) is 13.5. The van der Waals surface area contributed by atoms with E-state index in [4.69, 9.17) is 5.73 Å². The number of aryl methyl sites for hydroxylation is 2. The maximum absolute atomic E-state index is 6.04. The standard InChI is InChI=1S/C18H23N5/c1-13-16(21-12-11-20-13)9-10-22-18(19)23-17-8-4-6-14-5-2-3-7-15(14)17/h4,6,8,11-12H,2-3,5,7,9-10H2,1H3,(H3,19,22,23). The van der Waals surface area contributed by atoms with Gasteiger partial charge < -0.3 is 11.1 Å². The largest absolute Gasteiger partial charge is 0.370 e. The highest BCUT2D eigenvalue weighted by Crippen LogP contribution is 2.27. The molecule has 2 aromatic rings. The minimum atomic E-state index is 0.463. The summed E-state index contributed by atoms with van der Waals surface area (Å²) >= 11 is 0. The van der Waals surface area contributed by atoms with E-state index < -0.39 is 0 Å². The maximum atomic E-state index is 6.04. The van der Waals surface area contributed by atoms with Crippen molar-refractivity contribution >= 4 is 11.6 Å². The van der Waals surface area contributed by atoms with E-state index in [0.29, 0.717) is 12.5 Å². The molecule has 3 rings (SSSR count). The first kappa shape index (κ1) is 15.5. The molecule has 0 bridgehead atoms. The average Bonchev–Trinajstić information content (AvgIpc) is 2.57. The monoisotopic (exact) mass is 309 g/mol. The van der Waals surface area contributed by atoms with Gasteiger partial charge in [0.05, 0.1) is 11.4 Å². The van der Waals surface area contributed by atoms with Gasteiger partial charge in [0.25, 0.3) is 0 Å². The second-order valence-corrected chi connectivity index (χ2v) is 5.88. The number of nitrogens with two attached hydrogens (primary N) is 1. The summed E-state index contributed by atoms with van der Waals surface area (Å²) in [5.41, 5.74) is 11.9. The topological polar surface area (TPSA) is 76.2 Å². The molecule has 0 saturated carbocycles. The third kappa shape index (κ3) is 3.86. The molecule has 0 saturated heterocycles. The normalized spacial score (nSPS) is 14.4. The van der Waals surface area contributed by atoms with Crippen molar-refractivity contribution < 1.29 is 0 Å². The smallest absolute Gasteiger partial charge is 0.193 e. The van der Waals surface area contributed by atoms with Crippen molar-refractivity contribution in [1.29, 1.82) is 0 Å². The highest BCUT2D eigenvalue weighted by molar-refractivity contribution is 5.93. The lowest BCUT2D eigenvalue weighted by molar-refractivity contribution is 0.687. The molecule has 0 spiro atoms. The Labute approximate surface area is 137 Å². The van der Waals surface area contributed by atoms with Gasteiger partial charge in [0, 0.05) is 31.0 Å². The fraction of sp³-hybridized carbons (Fsp3) is 0.389. The van der Waals surface area contributed by atoms with Crippen molar-refractivity contribution in [1.82, 2.24) is 9.97 Å². The first-order valence-corrected chi connectivity index (χ1v) is 8.18. The Bertz CT molecular complexity index is 708. The Morgan fingerprint density at radius 2 is 2.04 bits per heavy atom.